The van der Waals surface area contributed by atoms with Crippen molar-refractivity contribution in [3.05, 3.63) is 39.9 Å². The van der Waals surface area contributed by atoms with Crippen LogP contribution in [-0.2, 0) is 14.8 Å². The topological polar surface area (TPSA) is 46.6 Å². The van der Waals surface area contributed by atoms with Crippen LogP contribution in [0.4, 0.5) is 0 Å². The Morgan fingerprint density at radius 2 is 2.15 bits per heavy atom. The van der Waals surface area contributed by atoms with Gasteiger partial charge in [-0.2, -0.15) is 4.31 Å². The van der Waals surface area contributed by atoms with Gasteiger partial charge >= 0.3 is 0 Å². The molecule has 0 bridgehead atoms. The lowest BCUT2D eigenvalue weighted by atomic mass is 10.1. The standard InChI is InChI=1S/C14H18BrNO3S/c1-11-3-4-14(13(15)9-11)20(17,18)16-7-5-12(6-8-16)10-19-2/h3-5,9H,6-8,10H2,1-2H3. The number of hydrogen-bond acceptors (Lipinski definition) is 3. The molecule has 1 aromatic carbocycles. The molecule has 0 fully saturated rings. The van der Waals surface area contributed by atoms with Gasteiger partial charge in [0.15, 0.2) is 0 Å². The summed E-state index contributed by atoms with van der Waals surface area (Å²) in [5, 5.41) is 0. The lowest BCUT2D eigenvalue weighted by Crippen LogP contribution is -2.35. The Kier molecular flexibility index (Phi) is 5.01. The Morgan fingerprint density at radius 3 is 2.70 bits per heavy atom. The Morgan fingerprint density at radius 1 is 1.40 bits per heavy atom. The van der Waals surface area contributed by atoms with Gasteiger partial charge in [-0.25, -0.2) is 8.42 Å². The van der Waals surface area contributed by atoms with Gasteiger partial charge in [0.2, 0.25) is 10.0 Å². The highest BCUT2D eigenvalue weighted by molar-refractivity contribution is 9.10. The van der Waals surface area contributed by atoms with Crippen LogP contribution in [0, 0.1) is 6.92 Å². The van der Waals surface area contributed by atoms with Crippen LogP contribution >= 0.6 is 15.9 Å². The summed E-state index contributed by atoms with van der Waals surface area (Å²) >= 11 is 3.35. The molecule has 0 unspecified atom stereocenters. The number of methoxy groups -OCH3 is 1. The number of aryl methyl sites for hydroxylation is 1. The molecular formula is C14H18BrNO3S. The second-order valence-corrected chi connectivity index (χ2v) is 7.60. The van der Waals surface area contributed by atoms with Crippen LogP contribution < -0.4 is 0 Å². The van der Waals surface area contributed by atoms with Crippen molar-refractivity contribution >= 4 is 26.0 Å². The minimum atomic E-state index is -3.45. The maximum atomic E-state index is 12.6. The molecule has 0 saturated carbocycles. The van der Waals surface area contributed by atoms with E-state index in [2.05, 4.69) is 15.9 Å². The van der Waals surface area contributed by atoms with E-state index in [4.69, 9.17) is 4.74 Å². The lowest BCUT2D eigenvalue weighted by Gasteiger charge is -2.26. The molecule has 0 spiro atoms. The molecule has 0 N–H and O–H groups in total. The van der Waals surface area contributed by atoms with Crippen molar-refractivity contribution in [2.45, 2.75) is 18.2 Å². The summed E-state index contributed by atoms with van der Waals surface area (Å²) in [6.07, 6.45) is 2.66. The minimum absolute atomic E-state index is 0.326. The fourth-order valence-corrected chi connectivity index (χ4v) is 4.71. The van der Waals surface area contributed by atoms with Gasteiger partial charge in [-0.1, -0.05) is 12.1 Å². The molecule has 1 aliphatic rings. The molecule has 1 aliphatic heterocycles. The highest BCUT2D eigenvalue weighted by atomic mass is 79.9. The molecule has 0 aromatic heterocycles. The molecule has 0 saturated heterocycles. The summed E-state index contributed by atoms with van der Waals surface area (Å²) in [6.45, 7) is 3.41. The summed E-state index contributed by atoms with van der Waals surface area (Å²) in [4.78, 5) is 0.326. The van der Waals surface area contributed by atoms with Crippen LogP contribution in [0.1, 0.15) is 12.0 Å². The van der Waals surface area contributed by atoms with E-state index in [1.807, 2.05) is 25.1 Å². The van der Waals surface area contributed by atoms with Gasteiger partial charge in [-0.05, 0) is 52.5 Å². The molecule has 110 valence electrons. The number of ether oxygens (including phenoxy) is 1. The minimum Gasteiger partial charge on any atom is -0.380 e. The predicted octanol–water partition coefficient (Wildman–Crippen LogP) is 2.72. The molecule has 1 aromatic rings. The van der Waals surface area contributed by atoms with E-state index in [0.29, 0.717) is 29.1 Å². The normalized spacial score (nSPS) is 17.1. The number of nitrogens with zero attached hydrogens (tertiary/aromatic N) is 1. The average Bonchev–Trinajstić information content (AvgIpc) is 2.39. The summed E-state index contributed by atoms with van der Waals surface area (Å²) in [6, 6.07) is 5.29. The largest absolute Gasteiger partial charge is 0.380 e. The molecule has 2 rings (SSSR count). The number of sulfonamides is 1. The van der Waals surface area contributed by atoms with Crippen molar-refractivity contribution in [2.24, 2.45) is 0 Å². The van der Waals surface area contributed by atoms with Crippen LogP contribution in [0.5, 0.6) is 0 Å². The average molecular weight is 360 g/mol. The van der Waals surface area contributed by atoms with Crippen molar-refractivity contribution in [3.8, 4) is 0 Å². The first-order valence-corrected chi connectivity index (χ1v) is 8.61. The van der Waals surface area contributed by atoms with Gasteiger partial charge in [-0.3, -0.25) is 0 Å². The third kappa shape index (κ3) is 3.31. The highest BCUT2D eigenvalue weighted by Crippen LogP contribution is 2.27. The Balaban J connectivity index is 2.24. The number of benzene rings is 1. The van der Waals surface area contributed by atoms with Crippen LogP contribution in [-0.4, -0.2) is 39.5 Å². The van der Waals surface area contributed by atoms with Crippen LogP contribution in [0.3, 0.4) is 0 Å². The molecule has 20 heavy (non-hydrogen) atoms. The molecule has 0 aliphatic carbocycles. The van der Waals surface area contributed by atoms with Crippen molar-refractivity contribution < 1.29 is 13.2 Å². The fourth-order valence-electron chi connectivity index (χ4n) is 2.18. The maximum absolute atomic E-state index is 12.6. The zero-order valence-corrected chi connectivity index (χ0v) is 14.0. The van der Waals surface area contributed by atoms with Gasteiger partial charge in [0.1, 0.15) is 0 Å². The van der Waals surface area contributed by atoms with Gasteiger partial charge in [0.25, 0.3) is 0 Å². The van der Waals surface area contributed by atoms with Crippen molar-refractivity contribution in [1.82, 2.24) is 4.31 Å². The van der Waals surface area contributed by atoms with E-state index in [9.17, 15) is 8.42 Å². The molecular weight excluding hydrogens is 342 g/mol. The summed E-state index contributed by atoms with van der Waals surface area (Å²) in [5.74, 6) is 0. The van der Waals surface area contributed by atoms with Crippen LogP contribution in [0.25, 0.3) is 0 Å². The first-order chi connectivity index (χ1) is 9.45. The Bertz CT molecular complexity index is 625. The van der Waals surface area contributed by atoms with E-state index in [0.717, 1.165) is 17.6 Å². The smallest absolute Gasteiger partial charge is 0.244 e. The molecule has 1 heterocycles. The van der Waals surface area contributed by atoms with Crippen LogP contribution in [0.2, 0.25) is 0 Å². The Labute approximate surface area is 128 Å². The molecule has 0 amide bonds. The van der Waals surface area contributed by atoms with Gasteiger partial charge in [0.05, 0.1) is 11.5 Å². The predicted molar refractivity (Wildman–Crippen MR) is 82.2 cm³/mol. The van der Waals surface area contributed by atoms with E-state index in [1.165, 1.54) is 4.31 Å². The molecule has 0 atom stereocenters. The third-order valence-corrected chi connectivity index (χ3v) is 6.14. The fraction of sp³-hybridized carbons (Fsp3) is 0.429. The Hall–Kier alpha value is -0.690. The second-order valence-electron chi connectivity index (χ2n) is 4.84. The van der Waals surface area contributed by atoms with E-state index in [1.54, 1.807) is 13.2 Å². The van der Waals surface area contributed by atoms with Crippen molar-refractivity contribution in [1.29, 1.82) is 0 Å². The zero-order chi connectivity index (χ0) is 14.8. The SMILES string of the molecule is COCC1=CCN(S(=O)(=O)c2ccc(C)cc2Br)CC1. The third-order valence-electron chi connectivity index (χ3n) is 3.30. The monoisotopic (exact) mass is 359 g/mol. The number of rotatable bonds is 4. The summed E-state index contributed by atoms with van der Waals surface area (Å²) < 4.78 is 32.4. The van der Waals surface area contributed by atoms with Gasteiger partial charge < -0.3 is 4.74 Å². The number of halogens is 1. The quantitative estimate of drug-likeness (QED) is 0.776. The summed E-state index contributed by atoms with van der Waals surface area (Å²) in [5.41, 5.74) is 2.18. The molecule has 4 nitrogen and oxygen atoms in total. The van der Waals surface area contributed by atoms with Crippen molar-refractivity contribution in [2.75, 3.05) is 26.8 Å². The maximum Gasteiger partial charge on any atom is 0.244 e. The highest BCUT2D eigenvalue weighted by Gasteiger charge is 2.27. The van der Waals surface area contributed by atoms with E-state index in [-0.39, 0.29) is 0 Å². The first-order valence-electron chi connectivity index (χ1n) is 6.38. The van der Waals surface area contributed by atoms with E-state index < -0.39 is 10.0 Å². The molecule has 0 radical (unpaired) electrons. The van der Waals surface area contributed by atoms with Gasteiger partial charge in [0, 0.05) is 24.7 Å². The van der Waals surface area contributed by atoms with Gasteiger partial charge in [-0.15, -0.1) is 0 Å². The number of hydrogen-bond donors (Lipinski definition) is 0. The second kappa shape index (κ2) is 6.39. The van der Waals surface area contributed by atoms with Crippen molar-refractivity contribution in [3.63, 3.8) is 0 Å². The van der Waals surface area contributed by atoms with Crippen LogP contribution in [0.15, 0.2) is 39.2 Å². The molecule has 6 heteroatoms. The first kappa shape index (κ1) is 15.7. The lowest BCUT2D eigenvalue weighted by molar-refractivity contribution is 0.219. The van der Waals surface area contributed by atoms with E-state index >= 15 is 0 Å². The zero-order valence-electron chi connectivity index (χ0n) is 11.6. The summed E-state index contributed by atoms with van der Waals surface area (Å²) in [7, 11) is -1.80.